The fraction of sp³-hybridized carbons (Fsp3) is 0.424. The van der Waals surface area contributed by atoms with Gasteiger partial charge in [0.15, 0.2) is 11.5 Å². The van der Waals surface area contributed by atoms with E-state index in [4.69, 9.17) is 30.5 Å². The predicted molar refractivity (Wildman–Crippen MR) is 162 cm³/mol. The lowest BCUT2D eigenvalue weighted by Crippen LogP contribution is -2.41. The maximum Gasteiger partial charge on any atom is 0.232 e. The second-order valence-corrected chi connectivity index (χ2v) is 10.8. The number of amides is 1. The van der Waals surface area contributed by atoms with E-state index in [0.29, 0.717) is 42.1 Å². The first kappa shape index (κ1) is 29.2. The lowest BCUT2D eigenvalue weighted by molar-refractivity contribution is -0.118. The SMILES string of the molecule is CCOc1cc2c(cc1OCC)C(c1ccc(Cl)cc1)N(c1ccc(C)cc1OCCN1CCCOCC1)C(=O)C2. The number of benzene rings is 3. The average Bonchev–Trinajstić information content (AvgIpc) is 3.23. The molecule has 41 heavy (non-hydrogen) atoms. The molecule has 1 atom stereocenters. The number of hydrogen-bond donors (Lipinski definition) is 0. The quantitative estimate of drug-likeness (QED) is 0.284. The van der Waals surface area contributed by atoms with E-state index < -0.39 is 6.04 Å². The van der Waals surface area contributed by atoms with Crippen molar-refractivity contribution in [2.75, 3.05) is 57.6 Å². The van der Waals surface area contributed by atoms with Crippen LogP contribution < -0.4 is 19.1 Å². The molecule has 2 heterocycles. The summed E-state index contributed by atoms with van der Waals surface area (Å²) in [5.74, 6) is 2.01. The summed E-state index contributed by atoms with van der Waals surface area (Å²) in [5, 5.41) is 0.641. The first-order valence-electron chi connectivity index (χ1n) is 14.5. The maximum atomic E-state index is 14.0. The van der Waals surface area contributed by atoms with E-state index in [1.165, 1.54) is 0 Å². The molecule has 0 bridgehead atoms. The topological polar surface area (TPSA) is 60.5 Å². The van der Waals surface area contributed by atoms with Crippen LogP contribution in [0.3, 0.4) is 0 Å². The number of hydrogen-bond acceptors (Lipinski definition) is 6. The van der Waals surface area contributed by atoms with Crippen LogP contribution >= 0.6 is 11.6 Å². The predicted octanol–water partition coefficient (Wildman–Crippen LogP) is 6.23. The van der Waals surface area contributed by atoms with Crippen molar-refractivity contribution in [3.63, 3.8) is 0 Å². The largest absolute Gasteiger partial charge is 0.490 e. The van der Waals surface area contributed by atoms with Crippen LogP contribution in [0.25, 0.3) is 0 Å². The monoisotopic (exact) mass is 578 g/mol. The Labute approximate surface area is 247 Å². The molecule has 218 valence electrons. The first-order chi connectivity index (χ1) is 20.0. The standard InChI is InChI=1S/C33H39ClN2O5/c1-4-39-30-20-25-21-32(37)36(33(24-8-10-26(34)11-9-24)27(25)22-31(30)40-5-2)28-12-7-23(3)19-29(28)41-18-15-35-13-6-16-38-17-14-35/h7-12,19-20,22,33H,4-6,13-18,21H2,1-3H3. The Kier molecular flexibility index (Phi) is 9.70. The number of aryl methyl sites for hydroxylation is 1. The van der Waals surface area contributed by atoms with E-state index in [2.05, 4.69) is 4.90 Å². The van der Waals surface area contributed by atoms with Crippen molar-refractivity contribution >= 4 is 23.2 Å². The smallest absolute Gasteiger partial charge is 0.232 e. The third-order valence-corrected chi connectivity index (χ3v) is 7.76. The molecule has 0 N–H and O–H groups in total. The summed E-state index contributed by atoms with van der Waals surface area (Å²) < 4.78 is 23.9. The minimum absolute atomic E-state index is 0.0116. The van der Waals surface area contributed by atoms with Gasteiger partial charge >= 0.3 is 0 Å². The molecule has 1 saturated heterocycles. The van der Waals surface area contributed by atoms with E-state index in [9.17, 15) is 4.79 Å². The van der Waals surface area contributed by atoms with Gasteiger partial charge < -0.3 is 18.9 Å². The summed E-state index contributed by atoms with van der Waals surface area (Å²) in [4.78, 5) is 18.3. The zero-order chi connectivity index (χ0) is 28.8. The molecule has 1 fully saturated rings. The van der Waals surface area contributed by atoms with Gasteiger partial charge in [-0.25, -0.2) is 0 Å². The Bertz CT molecular complexity index is 1340. The summed E-state index contributed by atoms with van der Waals surface area (Å²) in [5.41, 5.74) is 4.69. The van der Waals surface area contributed by atoms with Gasteiger partial charge in [-0.15, -0.1) is 0 Å². The van der Waals surface area contributed by atoms with Crippen LogP contribution in [0.2, 0.25) is 5.02 Å². The third-order valence-electron chi connectivity index (χ3n) is 7.51. The van der Waals surface area contributed by atoms with Gasteiger partial charge in [0.25, 0.3) is 0 Å². The Morgan fingerprint density at radius 3 is 2.41 bits per heavy atom. The molecule has 8 heteroatoms. The van der Waals surface area contributed by atoms with Gasteiger partial charge in [0, 0.05) is 31.3 Å². The van der Waals surface area contributed by atoms with Gasteiger partial charge in [0.2, 0.25) is 5.91 Å². The molecule has 1 amide bonds. The van der Waals surface area contributed by atoms with Gasteiger partial charge in [0.05, 0.1) is 38.0 Å². The van der Waals surface area contributed by atoms with Crippen LogP contribution in [-0.2, 0) is 16.0 Å². The molecule has 3 aromatic carbocycles. The lowest BCUT2D eigenvalue weighted by Gasteiger charge is -2.39. The fourth-order valence-electron chi connectivity index (χ4n) is 5.58. The van der Waals surface area contributed by atoms with Crippen molar-refractivity contribution in [1.29, 1.82) is 0 Å². The fourth-order valence-corrected chi connectivity index (χ4v) is 5.71. The van der Waals surface area contributed by atoms with Crippen LogP contribution in [0.5, 0.6) is 17.2 Å². The maximum absolute atomic E-state index is 14.0. The van der Waals surface area contributed by atoms with Crippen LogP contribution in [0, 0.1) is 6.92 Å². The second-order valence-electron chi connectivity index (χ2n) is 10.4. The molecule has 0 radical (unpaired) electrons. The summed E-state index contributed by atoms with van der Waals surface area (Å²) in [6, 6.07) is 17.3. The highest BCUT2D eigenvalue weighted by atomic mass is 35.5. The molecule has 0 aliphatic carbocycles. The molecule has 1 unspecified atom stereocenters. The number of carbonyl (C=O) groups is 1. The molecule has 0 spiro atoms. The second kappa shape index (κ2) is 13.6. The zero-order valence-electron chi connectivity index (χ0n) is 24.2. The number of halogens is 1. The highest BCUT2D eigenvalue weighted by molar-refractivity contribution is 6.30. The van der Waals surface area contributed by atoms with E-state index in [0.717, 1.165) is 67.2 Å². The molecule has 0 saturated carbocycles. The number of anilines is 1. The number of carbonyl (C=O) groups excluding carboxylic acids is 1. The molecular formula is C33H39ClN2O5. The van der Waals surface area contributed by atoms with E-state index in [-0.39, 0.29) is 12.3 Å². The van der Waals surface area contributed by atoms with Crippen LogP contribution in [0.4, 0.5) is 5.69 Å². The number of ether oxygens (including phenoxy) is 4. The normalized spacial score (nSPS) is 17.6. The highest BCUT2D eigenvalue weighted by Gasteiger charge is 2.37. The van der Waals surface area contributed by atoms with Crippen molar-refractivity contribution in [1.82, 2.24) is 4.90 Å². The summed E-state index contributed by atoms with van der Waals surface area (Å²) in [6.45, 7) is 11.7. The van der Waals surface area contributed by atoms with Gasteiger partial charge in [-0.3, -0.25) is 14.6 Å². The molecule has 5 rings (SSSR count). The number of rotatable bonds is 10. The van der Waals surface area contributed by atoms with Crippen molar-refractivity contribution in [3.05, 3.63) is 81.9 Å². The molecule has 0 aromatic heterocycles. The van der Waals surface area contributed by atoms with Gasteiger partial charge in [0.1, 0.15) is 12.4 Å². The van der Waals surface area contributed by atoms with E-state index in [1.807, 2.05) is 80.3 Å². The molecule has 7 nitrogen and oxygen atoms in total. The zero-order valence-corrected chi connectivity index (χ0v) is 24.9. The molecule has 3 aromatic rings. The van der Waals surface area contributed by atoms with Crippen LogP contribution in [-0.4, -0.2) is 63.5 Å². The summed E-state index contributed by atoms with van der Waals surface area (Å²) >= 11 is 6.28. The minimum atomic E-state index is -0.397. The van der Waals surface area contributed by atoms with Gasteiger partial charge in [-0.05, 0) is 85.8 Å². The highest BCUT2D eigenvalue weighted by Crippen LogP contribution is 2.46. The molecule has 2 aliphatic rings. The number of fused-ring (bicyclic) bond motifs is 1. The van der Waals surface area contributed by atoms with Crippen LogP contribution in [0.15, 0.2) is 54.6 Å². The van der Waals surface area contributed by atoms with Crippen molar-refractivity contribution in [2.24, 2.45) is 0 Å². The molecular weight excluding hydrogens is 540 g/mol. The van der Waals surface area contributed by atoms with E-state index >= 15 is 0 Å². The lowest BCUT2D eigenvalue weighted by atomic mass is 9.86. The minimum Gasteiger partial charge on any atom is -0.490 e. The Morgan fingerprint density at radius 2 is 1.66 bits per heavy atom. The Morgan fingerprint density at radius 1 is 0.902 bits per heavy atom. The van der Waals surface area contributed by atoms with E-state index in [1.54, 1.807) is 0 Å². The number of nitrogens with zero attached hydrogens (tertiary/aromatic N) is 2. The first-order valence-corrected chi connectivity index (χ1v) is 14.9. The van der Waals surface area contributed by atoms with Gasteiger partial charge in [-0.1, -0.05) is 29.8 Å². The summed E-state index contributed by atoms with van der Waals surface area (Å²) in [6.07, 6.45) is 1.27. The van der Waals surface area contributed by atoms with Crippen molar-refractivity contribution in [3.8, 4) is 17.2 Å². The summed E-state index contributed by atoms with van der Waals surface area (Å²) in [7, 11) is 0. The molecule has 2 aliphatic heterocycles. The average molecular weight is 579 g/mol. The van der Waals surface area contributed by atoms with Crippen LogP contribution in [0.1, 0.15) is 48.6 Å². The third kappa shape index (κ3) is 6.80. The van der Waals surface area contributed by atoms with Crippen molar-refractivity contribution in [2.45, 2.75) is 39.7 Å². The van der Waals surface area contributed by atoms with Gasteiger partial charge in [-0.2, -0.15) is 0 Å². The Hall–Kier alpha value is -3.26. The van der Waals surface area contributed by atoms with Crippen molar-refractivity contribution < 1.29 is 23.7 Å². The Balaban J connectivity index is 1.55.